The molecular formula is C15H22N2O. The molecule has 1 aromatic rings. The highest BCUT2D eigenvalue weighted by Crippen LogP contribution is 2.18. The second-order valence-electron chi connectivity index (χ2n) is 5.21. The SMILES string of the molecule is Cc1ccc(CC(=O)N2CCCC2CN)cc1C. The molecule has 18 heavy (non-hydrogen) atoms. The van der Waals surface area contributed by atoms with Crippen molar-refractivity contribution in [1.29, 1.82) is 0 Å². The predicted octanol–water partition coefficient (Wildman–Crippen LogP) is 1.80. The number of carbonyl (C=O) groups excluding carboxylic acids is 1. The van der Waals surface area contributed by atoms with Gasteiger partial charge in [0.1, 0.15) is 0 Å². The number of hydrogen-bond donors (Lipinski definition) is 1. The summed E-state index contributed by atoms with van der Waals surface area (Å²) < 4.78 is 0. The minimum atomic E-state index is 0.214. The molecule has 1 amide bonds. The molecule has 1 atom stereocenters. The van der Waals surface area contributed by atoms with Crippen molar-refractivity contribution in [3.8, 4) is 0 Å². The molecule has 0 radical (unpaired) electrons. The van der Waals surface area contributed by atoms with Crippen LogP contribution in [-0.2, 0) is 11.2 Å². The molecule has 2 N–H and O–H groups in total. The van der Waals surface area contributed by atoms with E-state index in [4.69, 9.17) is 5.73 Å². The molecule has 3 nitrogen and oxygen atoms in total. The Balaban J connectivity index is 2.04. The first kappa shape index (κ1) is 13.1. The average molecular weight is 246 g/mol. The molecule has 0 aliphatic carbocycles. The number of hydrogen-bond acceptors (Lipinski definition) is 2. The van der Waals surface area contributed by atoms with Crippen LogP contribution in [0.5, 0.6) is 0 Å². The van der Waals surface area contributed by atoms with Gasteiger partial charge in [0.2, 0.25) is 5.91 Å². The molecule has 1 unspecified atom stereocenters. The number of rotatable bonds is 3. The number of benzene rings is 1. The normalized spacial score (nSPS) is 19.3. The van der Waals surface area contributed by atoms with Crippen molar-refractivity contribution in [2.45, 2.75) is 39.2 Å². The van der Waals surface area contributed by atoms with Gasteiger partial charge in [-0.1, -0.05) is 18.2 Å². The van der Waals surface area contributed by atoms with Crippen LogP contribution in [0.2, 0.25) is 0 Å². The first-order chi connectivity index (χ1) is 8.61. The highest BCUT2D eigenvalue weighted by molar-refractivity contribution is 5.79. The van der Waals surface area contributed by atoms with E-state index < -0.39 is 0 Å². The molecule has 98 valence electrons. The number of aryl methyl sites for hydroxylation is 2. The molecular weight excluding hydrogens is 224 g/mol. The van der Waals surface area contributed by atoms with Crippen LogP contribution in [0.15, 0.2) is 18.2 Å². The molecule has 1 aliphatic heterocycles. The van der Waals surface area contributed by atoms with Gasteiger partial charge in [0.15, 0.2) is 0 Å². The number of carbonyl (C=O) groups is 1. The summed E-state index contributed by atoms with van der Waals surface area (Å²) >= 11 is 0. The van der Waals surface area contributed by atoms with Crippen LogP contribution in [0.3, 0.4) is 0 Å². The molecule has 1 aromatic carbocycles. The van der Waals surface area contributed by atoms with Gasteiger partial charge in [-0.15, -0.1) is 0 Å². The van der Waals surface area contributed by atoms with Gasteiger partial charge in [-0.25, -0.2) is 0 Å². The summed E-state index contributed by atoms with van der Waals surface area (Å²) in [6.45, 7) is 5.62. The van der Waals surface area contributed by atoms with Gasteiger partial charge in [-0.05, 0) is 43.4 Å². The minimum absolute atomic E-state index is 0.214. The zero-order chi connectivity index (χ0) is 13.1. The lowest BCUT2D eigenvalue weighted by Crippen LogP contribution is -2.40. The number of nitrogens with two attached hydrogens (primary N) is 1. The second-order valence-corrected chi connectivity index (χ2v) is 5.21. The van der Waals surface area contributed by atoms with Gasteiger partial charge in [-0.2, -0.15) is 0 Å². The monoisotopic (exact) mass is 246 g/mol. The van der Waals surface area contributed by atoms with Crippen LogP contribution in [-0.4, -0.2) is 29.9 Å². The van der Waals surface area contributed by atoms with Crippen LogP contribution < -0.4 is 5.73 Å². The Kier molecular flexibility index (Phi) is 4.02. The smallest absolute Gasteiger partial charge is 0.227 e. The highest BCUT2D eigenvalue weighted by Gasteiger charge is 2.27. The Bertz CT molecular complexity index is 442. The minimum Gasteiger partial charge on any atom is -0.338 e. The first-order valence-corrected chi connectivity index (χ1v) is 6.67. The van der Waals surface area contributed by atoms with Crippen molar-refractivity contribution in [1.82, 2.24) is 4.90 Å². The molecule has 1 aliphatic rings. The van der Waals surface area contributed by atoms with Crippen LogP contribution in [0.25, 0.3) is 0 Å². The fourth-order valence-corrected chi connectivity index (χ4v) is 2.60. The lowest BCUT2D eigenvalue weighted by Gasteiger charge is -2.23. The van der Waals surface area contributed by atoms with E-state index in [0.29, 0.717) is 13.0 Å². The van der Waals surface area contributed by atoms with Gasteiger partial charge in [-0.3, -0.25) is 4.79 Å². The summed E-state index contributed by atoms with van der Waals surface area (Å²) in [5, 5.41) is 0. The third kappa shape index (κ3) is 2.72. The van der Waals surface area contributed by atoms with Crippen LogP contribution in [0.1, 0.15) is 29.5 Å². The summed E-state index contributed by atoms with van der Waals surface area (Å²) in [6.07, 6.45) is 2.63. The number of likely N-dealkylation sites (tertiary alicyclic amines) is 1. The first-order valence-electron chi connectivity index (χ1n) is 6.67. The van der Waals surface area contributed by atoms with Crippen molar-refractivity contribution in [2.75, 3.05) is 13.1 Å². The van der Waals surface area contributed by atoms with Crippen LogP contribution in [0, 0.1) is 13.8 Å². The molecule has 1 saturated heterocycles. The third-order valence-electron chi connectivity index (χ3n) is 3.90. The summed E-state index contributed by atoms with van der Waals surface area (Å²) in [5.41, 5.74) is 9.33. The molecule has 1 heterocycles. The van der Waals surface area contributed by atoms with E-state index in [0.717, 1.165) is 24.9 Å². The van der Waals surface area contributed by atoms with Crippen molar-refractivity contribution in [3.63, 3.8) is 0 Å². The average Bonchev–Trinajstić information content (AvgIpc) is 2.82. The van der Waals surface area contributed by atoms with Gasteiger partial charge >= 0.3 is 0 Å². The van der Waals surface area contributed by atoms with Gasteiger partial charge in [0.05, 0.1) is 6.42 Å². The molecule has 0 aromatic heterocycles. The molecule has 0 bridgehead atoms. The Morgan fingerprint density at radius 1 is 1.39 bits per heavy atom. The zero-order valence-electron chi connectivity index (χ0n) is 11.3. The van der Waals surface area contributed by atoms with Crippen LogP contribution in [0.4, 0.5) is 0 Å². The fourth-order valence-electron chi connectivity index (χ4n) is 2.60. The van der Waals surface area contributed by atoms with Crippen molar-refractivity contribution in [2.24, 2.45) is 5.73 Å². The molecule has 0 saturated carbocycles. The van der Waals surface area contributed by atoms with E-state index in [1.165, 1.54) is 11.1 Å². The topological polar surface area (TPSA) is 46.3 Å². The largest absolute Gasteiger partial charge is 0.338 e. The Hall–Kier alpha value is -1.35. The summed E-state index contributed by atoms with van der Waals surface area (Å²) in [7, 11) is 0. The lowest BCUT2D eigenvalue weighted by molar-refractivity contribution is -0.131. The maximum atomic E-state index is 12.3. The maximum absolute atomic E-state index is 12.3. The van der Waals surface area contributed by atoms with E-state index in [2.05, 4.69) is 26.0 Å². The standard InChI is InChI=1S/C15H22N2O/c1-11-5-6-13(8-12(11)2)9-15(18)17-7-3-4-14(17)10-16/h5-6,8,14H,3-4,7,9-10,16H2,1-2H3. The fraction of sp³-hybridized carbons (Fsp3) is 0.533. The predicted molar refractivity (Wildman–Crippen MR) is 73.4 cm³/mol. The summed E-state index contributed by atoms with van der Waals surface area (Å²) in [4.78, 5) is 14.2. The highest BCUT2D eigenvalue weighted by atomic mass is 16.2. The van der Waals surface area contributed by atoms with E-state index in [1.807, 2.05) is 11.0 Å². The lowest BCUT2D eigenvalue weighted by atomic mass is 10.0. The van der Waals surface area contributed by atoms with Crippen molar-refractivity contribution < 1.29 is 4.79 Å². The Labute approximate surface area is 109 Å². The van der Waals surface area contributed by atoms with E-state index in [9.17, 15) is 4.79 Å². The van der Waals surface area contributed by atoms with E-state index in [-0.39, 0.29) is 11.9 Å². The second kappa shape index (κ2) is 5.53. The van der Waals surface area contributed by atoms with Crippen LogP contribution >= 0.6 is 0 Å². The van der Waals surface area contributed by atoms with E-state index in [1.54, 1.807) is 0 Å². The third-order valence-corrected chi connectivity index (χ3v) is 3.90. The van der Waals surface area contributed by atoms with Crippen molar-refractivity contribution in [3.05, 3.63) is 34.9 Å². The van der Waals surface area contributed by atoms with Gasteiger partial charge < -0.3 is 10.6 Å². The molecule has 1 fully saturated rings. The molecule has 0 spiro atoms. The number of amides is 1. The maximum Gasteiger partial charge on any atom is 0.227 e. The summed E-state index contributed by atoms with van der Waals surface area (Å²) in [5.74, 6) is 0.214. The molecule has 3 heteroatoms. The van der Waals surface area contributed by atoms with Crippen molar-refractivity contribution >= 4 is 5.91 Å². The Morgan fingerprint density at radius 2 is 2.17 bits per heavy atom. The quantitative estimate of drug-likeness (QED) is 0.884. The van der Waals surface area contributed by atoms with Gasteiger partial charge in [0, 0.05) is 19.1 Å². The van der Waals surface area contributed by atoms with E-state index >= 15 is 0 Å². The summed E-state index contributed by atoms with van der Waals surface area (Å²) in [6, 6.07) is 6.50. The molecule has 2 rings (SSSR count). The Morgan fingerprint density at radius 3 is 2.83 bits per heavy atom. The number of nitrogens with zero attached hydrogens (tertiary/aromatic N) is 1. The zero-order valence-corrected chi connectivity index (χ0v) is 11.3. The van der Waals surface area contributed by atoms with Gasteiger partial charge in [0.25, 0.3) is 0 Å².